The molecule has 0 atom stereocenters. The Morgan fingerprint density at radius 2 is 2.12 bits per heavy atom. The van der Waals surface area contributed by atoms with E-state index in [4.69, 9.17) is 12.2 Å². The molecule has 0 saturated carbocycles. The number of aromatic nitrogens is 2. The summed E-state index contributed by atoms with van der Waals surface area (Å²) in [6.07, 6.45) is 0.952. The smallest absolute Gasteiger partial charge is 0.133 e. The van der Waals surface area contributed by atoms with Crippen LogP contribution >= 0.6 is 24.0 Å². The largest absolute Gasteiger partial charge is 0.346 e. The summed E-state index contributed by atoms with van der Waals surface area (Å²) in [5, 5.41) is 0. The third kappa shape index (κ3) is 3.91. The second-order valence-electron chi connectivity index (χ2n) is 4.35. The molecule has 0 radical (unpaired) electrons. The van der Waals surface area contributed by atoms with Crippen molar-refractivity contribution in [2.75, 3.05) is 5.75 Å². The van der Waals surface area contributed by atoms with Gasteiger partial charge in [0.2, 0.25) is 0 Å². The maximum Gasteiger partial charge on any atom is 0.133 e. The van der Waals surface area contributed by atoms with Gasteiger partial charge >= 0.3 is 0 Å². The lowest BCUT2D eigenvalue weighted by molar-refractivity contribution is 0.749. The molecule has 2 nitrogen and oxygen atoms in total. The average molecular weight is 256 g/mol. The highest BCUT2D eigenvalue weighted by atomic mass is 32.2. The van der Waals surface area contributed by atoms with Gasteiger partial charge in [-0.1, -0.05) is 33.0 Å². The second-order valence-corrected chi connectivity index (χ2v) is 5.77. The summed E-state index contributed by atoms with van der Waals surface area (Å²) in [7, 11) is 0. The van der Waals surface area contributed by atoms with E-state index >= 15 is 0 Å². The Hall–Kier alpha value is -0.350. The Bertz CT molecular complexity index is 396. The molecular weight excluding hydrogens is 236 g/mol. The predicted molar refractivity (Wildman–Crippen MR) is 74.5 cm³/mol. The minimum Gasteiger partial charge on any atom is -0.346 e. The number of aryl methyl sites for hydroxylation is 1. The lowest BCUT2D eigenvalue weighted by Crippen LogP contribution is -2.02. The highest BCUT2D eigenvalue weighted by Gasteiger charge is 2.04. The van der Waals surface area contributed by atoms with E-state index in [-0.39, 0.29) is 0 Å². The van der Waals surface area contributed by atoms with Gasteiger partial charge in [0, 0.05) is 11.3 Å². The lowest BCUT2D eigenvalue weighted by atomic mass is 10.2. The molecule has 0 spiro atoms. The Morgan fingerprint density at radius 1 is 1.44 bits per heavy atom. The molecule has 1 aromatic rings. The molecule has 1 N–H and O–H groups in total. The van der Waals surface area contributed by atoms with Crippen LogP contribution in [0.1, 0.15) is 37.9 Å². The first kappa shape index (κ1) is 13.7. The summed E-state index contributed by atoms with van der Waals surface area (Å²) in [4.78, 5) is 7.78. The molecule has 0 aromatic carbocycles. The summed E-state index contributed by atoms with van der Waals surface area (Å²) in [5.74, 6) is 3.82. The van der Waals surface area contributed by atoms with Gasteiger partial charge in [-0.3, -0.25) is 0 Å². The van der Waals surface area contributed by atoms with Crippen LogP contribution in [0.4, 0.5) is 0 Å². The third-order valence-corrected chi connectivity index (χ3v) is 4.04. The molecule has 0 unspecified atom stereocenters. The number of rotatable bonds is 5. The summed E-state index contributed by atoms with van der Waals surface area (Å²) in [5.41, 5.74) is 2.34. The molecule has 0 bridgehead atoms. The highest BCUT2D eigenvalue weighted by molar-refractivity contribution is 7.98. The van der Waals surface area contributed by atoms with Crippen LogP contribution < -0.4 is 0 Å². The zero-order valence-corrected chi connectivity index (χ0v) is 12.1. The molecular formula is C12H20N2S2. The monoisotopic (exact) mass is 256 g/mol. The molecule has 0 aliphatic rings. The van der Waals surface area contributed by atoms with E-state index in [1.54, 1.807) is 0 Å². The summed E-state index contributed by atoms with van der Waals surface area (Å²) >= 11 is 7.19. The number of aromatic amines is 1. The number of H-pyrrole nitrogens is 1. The molecule has 1 rings (SSSR count). The van der Waals surface area contributed by atoms with E-state index in [1.165, 1.54) is 11.3 Å². The molecule has 0 aliphatic carbocycles. The SMILES string of the molecule is CCc1c(C)[nH]c(CSCC(C)C)nc1=S. The fraction of sp³-hybridized carbons (Fsp3) is 0.667. The summed E-state index contributed by atoms with van der Waals surface area (Å²) in [6, 6.07) is 0. The van der Waals surface area contributed by atoms with Gasteiger partial charge in [-0.05, 0) is 25.0 Å². The van der Waals surface area contributed by atoms with Crippen LogP contribution in [-0.4, -0.2) is 15.7 Å². The molecule has 0 fully saturated rings. The predicted octanol–water partition coefficient (Wildman–Crippen LogP) is 3.90. The van der Waals surface area contributed by atoms with Crippen molar-refractivity contribution in [1.29, 1.82) is 0 Å². The van der Waals surface area contributed by atoms with Crippen molar-refractivity contribution in [2.24, 2.45) is 5.92 Å². The fourth-order valence-electron chi connectivity index (χ4n) is 1.55. The third-order valence-electron chi connectivity index (χ3n) is 2.32. The van der Waals surface area contributed by atoms with Gasteiger partial charge in [-0.15, -0.1) is 0 Å². The van der Waals surface area contributed by atoms with E-state index in [1.807, 2.05) is 11.8 Å². The maximum atomic E-state index is 5.29. The molecule has 0 saturated heterocycles. The van der Waals surface area contributed by atoms with Crippen LogP contribution in [0, 0.1) is 17.5 Å². The highest BCUT2D eigenvalue weighted by Crippen LogP contribution is 2.14. The van der Waals surface area contributed by atoms with Gasteiger partial charge in [-0.25, -0.2) is 4.98 Å². The lowest BCUT2D eigenvalue weighted by Gasteiger charge is -2.08. The Balaban J connectivity index is 2.72. The van der Waals surface area contributed by atoms with Gasteiger partial charge in [0.1, 0.15) is 10.5 Å². The van der Waals surface area contributed by atoms with E-state index < -0.39 is 0 Å². The molecule has 0 aliphatic heterocycles. The zero-order valence-electron chi connectivity index (χ0n) is 10.5. The van der Waals surface area contributed by atoms with Crippen LogP contribution in [0.5, 0.6) is 0 Å². The topological polar surface area (TPSA) is 28.7 Å². The number of nitrogens with zero attached hydrogens (tertiary/aromatic N) is 1. The quantitative estimate of drug-likeness (QED) is 0.810. The molecule has 4 heteroatoms. The van der Waals surface area contributed by atoms with Crippen molar-refractivity contribution < 1.29 is 0 Å². The van der Waals surface area contributed by atoms with Crippen molar-refractivity contribution in [3.05, 3.63) is 21.7 Å². The first-order valence-electron chi connectivity index (χ1n) is 5.71. The van der Waals surface area contributed by atoms with Crippen molar-refractivity contribution in [3.8, 4) is 0 Å². The summed E-state index contributed by atoms with van der Waals surface area (Å²) in [6.45, 7) is 8.65. The molecule has 1 heterocycles. The maximum absolute atomic E-state index is 5.29. The van der Waals surface area contributed by atoms with Crippen LogP contribution in [0.25, 0.3) is 0 Å². The number of hydrogen-bond donors (Lipinski definition) is 1. The van der Waals surface area contributed by atoms with Gasteiger partial charge in [0.15, 0.2) is 0 Å². The fourth-order valence-corrected chi connectivity index (χ4v) is 2.87. The van der Waals surface area contributed by atoms with Crippen molar-refractivity contribution in [1.82, 2.24) is 9.97 Å². The molecule has 1 aromatic heterocycles. The Labute approximate surface area is 107 Å². The van der Waals surface area contributed by atoms with Gasteiger partial charge in [-0.2, -0.15) is 11.8 Å². The first-order chi connectivity index (χ1) is 7.54. The molecule has 0 amide bonds. The zero-order chi connectivity index (χ0) is 12.1. The standard InChI is InChI=1S/C12H20N2S2/c1-5-10-9(4)13-11(14-12(10)15)7-16-6-8(2)3/h8H,5-7H2,1-4H3,(H,13,14,15). The van der Waals surface area contributed by atoms with Gasteiger partial charge in [0.05, 0.1) is 5.75 Å². The van der Waals surface area contributed by atoms with Crippen LogP contribution in [-0.2, 0) is 12.2 Å². The second kappa shape index (κ2) is 6.40. The van der Waals surface area contributed by atoms with Crippen molar-refractivity contribution >= 4 is 24.0 Å². The Kier molecular flexibility index (Phi) is 5.49. The van der Waals surface area contributed by atoms with Crippen molar-refractivity contribution in [2.45, 2.75) is 39.9 Å². The van der Waals surface area contributed by atoms with Crippen LogP contribution in [0.3, 0.4) is 0 Å². The number of hydrogen-bond acceptors (Lipinski definition) is 3. The molecule has 16 heavy (non-hydrogen) atoms. The van der Waals surface area contributed by atoms with E-state index in [2.05, 4.69) is 37.7 Å². The minimum atomic E-state index is 0.726. The van der Waals surface area contributed by atoms with E-state index in [9.17, 15) is 0 Å². The van der Waals surface area contributed by atoms with Crippen molar-refractivity contribution in [3.63, 3.8) is 0 Å². The van der Waals surface area contributed by atoms with Crippen LogP contribution in [0.15, 0.2) is 0 Å². The normalized spacial score (nSPS) is 11.1. The molecule has 90 valence electrons. The summed E-state index contributed by atoms with van der Waals surface area (Å²) < 4.78 is 0.763. The minimum absolute atomic E-state index is 0.726. The van der Waals surface area contributed by atoms with E-state index in [0.29, 0.717) is 0 Å². The van der Waals surface area contributed by atoms with Gasteiger partial charge in [0.25, 0.3) is 0 Å². The number of thioether (sulfide) groups is 1. The Morgan fingerprint density at radius 3 is 2.62 bits per heavy atom. The van der Waals surface area contributed by atoms with Gasteiger partial charge < -0.3 is 4.98 Å². The van der Waals surface area contributed by atoms with E-state index in [0.717, 1.165) is 34.3 Å². The van der Waals surface area contributed by atoms with Crippen LogP contribution in [0.2, 0.25) is 0 Å². The first-order valence-corrected chi connectivity index (χ1v) is 7.27. The number of nitrogens with one attached hydrogen (secondary N) is 1. The average Bonchev–Trinajstić information content (AvgIpc) is 2.16.